The van der Waals surface area contributed by atoms with Crippen LogP contribution in [0.2, 0.25) is 0 Å². The number of amides is 2. The Morgan fingerprint density at radius 1 is 1.32 bits per heavy atom. The molecule has 1 heterocycles. The summed E-state index contributed by atoms with van der Waals surface area (Å²) < 4.78 is 0. The number of nitrogens with zero attached hydrogens (tertiary/aromatic N) is 2. The van der Waals surface area contributed by atoms with Gasteiger partial charge in [-0.25, -0.2) is 0 Å². The van der Waals surface area contributed by atoms with Gasteiger partial charge in [-0.1, -0.05) is 19.9 Å². The van der Waals surface area contributed by atoms with Crippen molar-refractivity contribution in [3.8, 4) is 6.07 Å². The molecule has 0 unspecified atom stereocenters. The van der Waals surface area contributed by atoms with E-state index in [4.69, 9.17) is 5.26 Å². The third-order valence-corrected chi connectivity index (χ3v) is 3.89. The molecule has 1 aromatic rings. The zero-order valence-electron chi connectivity index (χ0n) is 13.0. The first-order valence-electron chi connectivity index (χ1n) is 7.61. The van der Waals surface area contributed by atoms with E-state index in [0.717, 1.165) is 12.8 Å². The van der Waals surface area contributed by atoms with Crippen molar-refractivity contribution >= 4 is 11.8 Å². The highest BCUT2D eigenvalue weighted by Crippen LogP contribution is 2.15. The fourth-order valence-corrected chi connectivity index (χ4v) is 2.50. The van der Waals surface area contributed by atoms with Crippen LogP contribution in [0.15, 0.2) is 24.3 Å². The highest BCUT2D eigenvalue weighted by atomic mass is 16.2. The van der Waals surface area contributed by atoms with Gasteiger partial charge in [0.05, 0.1) is 11.6 Å². The largest absolute Gasteiger partial charge is 0.353 e. The van der Waals surface area contributed by atoms with E-state index in [9.17, 15) is 9.59 Å². The molecule has 1 aliphatic rings. The van der Waals surface area contributed by atoms with Crippen LogP contribution in [0.1, 0.15) is 42.6 Å². The lowest BCUT2D eigenvalue weighted by Gasteiger charge is -2.32. The molecule has 22 heavy (non-hydrogen) atoms. The van der Waals surface area contributed by atoms with Gasteiger partial charge < -0.3 is 10.2 Å². The van der Waals surface area contributed by atoms with Crippen LogP contribution in [0.4, 0.5) is 0 Å². The highest BCUT2D eigenvalue weighted by Gasteiger charge is 2.25. The first-order valence-corrected chi connectivity index (χ1v) is 7.61. The Hall–Kier alpha value is -2.35. The van der Waals surface area contributed by atoms with E-state index in [0.29, 0.717) is 24.2 Å². The summed E-state index contributed by atoms with van der Waals surface area (Å²) in [6, 6.07) is 8.95. The minimum Gasteiger partial charge on any atom is -0.353 e. The Balaban J connectivity index is 1.92. The molecule has 1 saturated heterocycles. The normalized spacial score (nSPS) is 15.5. The Kier molecular flexibility index (Phi) is 5.16. The highest BCUT2D eigenvalue weighted by molar-refractivity contribution is 5.94. The molecule has 0 aromatic heterocycles. The Morgan fingerprint density at radius 2 is 2.00 bits per heavy atom. The summed E-state index contributed by atoms with van der Waals surface area (Å²) in [5.41, 5.74) is 1.04. The molecular weight excluding hydrogens is 278 g/mol. The summed E-state index contributed by atoms with van der Waals surface area (Å²) in [7, 11) is 0. The van der Waals surface area contributed by atoms with E-state index in [-0.39, 0.29) is 23.8 Å². The maximum atomic E-state index is 12.4. The van der Waals surface area contributed by atoms with Gasteiger partial charge in [0, 0.05) is 30.6 Å². The molecule has 0 radical (unpaired) electrons. The number of carbonyl (C=O) groups excluding carboxylic acids is 2. The number of likely N-dealkylation sites (tertiary alicyclic amines) is 1. The molecule has 1 aromatic carbocycles. The summed E-state index contributed by atoms with van der Waals surface area (Å²) in [5.74, 6) is -0.00869. The first-order chi connectivity index (χ1) is 10.5. The molecule has 5 nitrogen and oxygen atoms in total. The molecule has 5 heteroatoms. The van der Waals surface area contributed by atoms with Crippen LogP contribution >= 0.6 is 0 Å². The molecule has 0 bridgehead atoms. The second-order valence-electron chi connectivity index (χ2n) is 5.92. The molecule has 1 aliphatic heterocycles. The minimum absolute atomic E-state index is 0.0200. The standard InChI is InChI=1S/C17H21N3O2/c1-12(2)16(21)19-15-6-8-20(9-7-15)17(22)14-5-3-4-13(10-14)11-18/h3-5,10,12,15H,6-9H2,1-2H3,(H,19,21). The van der Waals surface area contributed by atoms with Gasteiger partial charge in [-0.3, -0.25) is 9.59 Å². The SMILES string of the molecule is CC(C)C(=O)NC1CCN(C(=O)c2cccc(C#N)c2)CC1. The smallest absolute Gasteiger partial charge is 0.253 e. The maximum Gasteiger partial charge on any atom is 0.253 e. The van der Waals surface area contributed by atoms with Crippen molar-refractivity contribution in [3.05, 3.63) is 35.4 Å². The number of nitriles is 1. The summed E-state index contributed by atoms with van der Waals surface area (Å²) in [5, 5.41) is 11.9. The number of nitrogens with one attached hydrogen (secondary N) is 1. The Bertz CT molecular complexity index is 596. The van der Waals surface area contributed by atoms with Crippen molar-refractivity contribution in [1.29, 1.82) is 5.26 Å². The molecule has 0 saturated carbocycles. The summed E-state index contributed by atoms with van der Waals surface area (Å²) in [6.45, 7) is 4.99. The van der Waals surface area contributed by atoms with Gasteiger partial charge >= 0.3 is 0 Å². The van der Waals surface area contributed by atoms with Gasteiger partial charge in [0.15, 0.2) is 0 Å². The predicted molar refractivity (Wildman–Crippen MR) is 83.1 cm³/mol. The van der Waals surface area contributed by atoms with E-state index < -0.39 is 0 Å². The Labute approximate surface area is 130 Å². The van der Waals surface area contributed by atoms with E-state index >= 15 is 0 Å². The average Bonchev–Trinajstić information content (AvgIpc) is 2.54. The zero-order valence-corrected chi connectivity index (χ0v) is 13.0. The topological polar surface area (TPSA) is 73.2 Å². The van der Waals surface area contributed by atoms with Crippen LogP contribution in [0.25, 0.3) is 0 Å². The lowest BCUT2D eigenvalue weighted by molar-refractivity contribution is -0.124. The molecular formula is C17H21N3O2. The number of benzene rings is 1. The number of carbonyl (C=O) groups is 2. The third kappa shape index (κ3) is 3.85. The van der Waals surface area contributed by atoms with E-state index in [1.807, 2.05) is 19.9 Å². The molecule has 1 N–H and O–H groups in total. The minimum atomic E-state index is -0.0502. The maximum absolute atomic E-state index is 12.4. The van der Waals surface area contributed by atoms with Crippen LogP contribution in [0, 0.1) is 17.2 Å². The number of hydrogen-bond acceptors (Lipinski definition) is 3. The van der Waals surface area contributed by atoms with E-state index in [1.54, 1.807) is 29.2 Å². The Morgan fingerprint density at radius 3 is 2.59 bits per heavy atom. The fourth-order valence-electron chi connectivity index (χ4n) is 2.50. The van der Waals surface area contributed by atoms with Crippen LogP contribution in [0.3, 0.4) is 0 Å². The molecule has 116 valence electrons. The summed E-state index contributed by atoms with van der Waals surface area (Å²) >= 11 is 0. The van der Waals surface area contributed by atoms with Crippen LogP contribution in [-0.2, 0) is 4.79 Å². The van der Waals surface area contributed by atoms with Crippen LogP contribution in [-0.4, -0.2) is 35.8 Å². The fraction of sp³-hybridized carbons (Fsp3) is 0.471. The molecule has 0 atom stereocenters. The second kappa shape index (κ2) is 7.08. The van der Waals surface area contributed by atoms with Crippen molar-refractivity contribution in [2.24, 2.45) is 5.92 Å². The van der Waals surface area contributed by atoms with Crippen molar-refractivity contribution in [2.75, 3.05) is 13.1 Å². The van der Waals surface area contributed by atoms with Crippen molar-refractivity contribution in [1.82, 2.24) is 10.2 Å². The zero-order chi connectivity index (χ0) is 16.1. The molecule has 2 rings (SSSR count). The quantitative estimate of drug-likeness (QED) is 0.927. The van der Waals surface area contributed by atoms with Gasteiger partial charge in [-0.15, -0.1) is 0 Å². The van der Waals surface area contributed by atoms with E-state index in [2.05, 4.69) is 5.32 Å². The van der Waals surface area contributed by atoms with Crippen molar-refractivity contribution < 1.29 is 9.59 Å². The summed E-state index contributed by atoms with van der Waals surface area (Å²) in [4.78, 5) is 25.9. The molecule has 0 spiro atoms. The predicted octanol–water partition coefficient (Wildman–Crippen LogP) is 1.94. The second-order valence-corrected chi connectivity index (χ2v) is 5.92. The summed E-state index contributed by atoms with van der Waals surface area (Å²) in [6.07, 6.45) is 1.53. The van der Waals surface area contributed by atoms with Gasteiger partial charge in [-0.2, -0.15) is 5.26 Å². The van der Waals surface area contributed by atoms with Crippen molar-refractivity contribution in [2.45, 2.75) is 32.7 Å². The van der Waals surface area contributed by atoms with Crippen LogP contribution < -0.4 is 5.32 Å². The lowest BCUT2D eigenvalue weighted by atomic mass is 10.0. The third-order valence-electron chi connectivity index (χ3n) is 3.89. The van der Waals surface area contributed by atoms with Gasteiger partial charge in [0.2, 0.25) is 5.91 Å². The number of piperidine rings is 1. The van der Waals surface area contributed by atoms with E-state index in [1.165, 1.54) is 0 Å². The monoisotopic (exact) mass is 299 g/mol. The average molecular weight is 299 g/mol. The van der Waals surface area contributed by atoms with Gasteiger partial charge in [0.1, 0.15) is 0 Å². The van der Waals surface area contributed by atoms with Crippen LogP contribution in [0.5, 0.6) is 0 Å². The van der Waals surface area contributed by atoms with Gasteiger partial charge in [-0.05, 0) is 31.0 Å². The molecule has 0 aliphatic carbocycles. The van der Waals surface area contributed by atoms with Gasteiger partial charge in [0.25, 0.3) is 5.91 Å². The molecule has 1 fully saturated rings. The lowest BCUT2D eigenvalue weighted by Crippen LogP contribution is -2.47. The number of rotatable bonds is 3. The first kappa shape index (κ1) is 16.0. The number of hydrogen-bond donors (Lipinski definition) is 1. The van der Waals surface area contributed by atoms with Crippen molar-refractivity contribution in [3.63, 3.8) is 0 Å². The molecule has 2 amide bonds.